The summed E-state index contributed by atoms with van der Waals surface area (Å²) in [6.07, 6.45) is 5.76. The van der Waals surface area contributed by atoms with Crippen LogP contribution in [0.2, 0.25) is 0 Å². The number of carbonyl (C=O) groups is 2. The van der Waals surface area contributed by atoms with E-state index in [4.69, 9.17) is 9.72 Å². The summed E-state index contributed by atoms with van der Waals surface area (Å²) in [7, 11) is 0. The van der Waals surface area contributed by atoms with Crippen molar-refractivity contribution < 1.29 is 14.3 Å². The predicted octanol–water partition coefficient (Wildman–Crippen LogP) is 7.63. The summed E-state index contributed by atoms with van der Waals surface area (Å²) in [5.41, 5.74) is 5.19. The third-order valence-electron chi connectivity index (χ3n) is 9.14. The van der Waals surface area contributed by atoms with E-state index in [1.54, 1.807) is 0 Å². The van der Waals surface area contributed by atoms with E-state index < -0.39 is 11.7 Å². The molecule has 8 nitrogen and oxygen atoms in total. The number of para-hydroxylation sites is 1. The molecular formula is C39H47N5O3. The summed E-state index contributed by atoms with van der Waals surface area (Å²) in [6.45, 7) is 10.9. The van der Waals surface area contributed by atoms with Gasteiger partial charge in [0.15, 0.2) is 0 Å². The lowest BCUT2D eigenvalue weighted by molar-refractivity contribution is 0.0635. The standard InChI is InChI=1S/C39H47N5O3/c1-39(2,3)47-38(46)41-30-16-12-13-28(25-30)26-40-37(45)35-32-17-8-9-18-34(32)42-36(29-14-6-4-7-15-29)33(35)27-43-23-19-31(20-24-43)44-21-10-5-11-22-44/h4,6-9,12-18,25,31H,5,10-11,19-24,26-27H2,1-3H3,(H,40,45)(H,41,46). The van der Waals surface area contributed by atoms with Gasteiger partial charge in [-0.2, -0.15) is 0 Å². The smallest absolute Gasteiger partial charge is 0.412 e. The van der Waals surface area contributed by atoms with Crippen molar-refractivity contribution in [2.45, 2.75) is 77.6 Å². The molecule has 0 radical (unpaired) electrons. The topological polar surface area (TPSA) is 86.8 Å². The number of pyridine rings is 1. The van der Waals surface area contributed by atoms with Crippen molar-refractivity contribution in [3.8, 4) is 11.3 Å². The number of aromatic nitrogens is 1. The minimum absolute atomic E-state index is 0.135. The van der Waals surface area contributed by atoms with Crippen molar-refractivity contribution in [2.24, 2.45) is 0 Å². The maximum Gasteiger partial charge on any atom is 0.412 e. The third kappa shape index (κ3) is 8.37. The molecule has 0 bridgehead atoms. The number of fused-ring (bicyclic) bond motifs is 1. The molecule has 4 aromatic rings. The second-order valence-corrected chi connectivity index (χ2v) is 13.8. The lowest BCUT2D eigenvalue weighted by Crippen LogP contribution is -2.46. The van der Waals surface area contributed by atoms with Crippen molar-refractivity contribution >= 4 is 28.6 Å². The van der Waals surface area contributed by atoms with Gasteiger partial charge in [0, 0.05) is 41.3 Å². The number of nitrogens with zero attached hydrogens (tertiary/aromatic N) is 3. The number of amides is 2. The zero-order valence-corrected chi connectivity index (χ0v) is 27.9. The third-order valence-corrected chi connectivity index (χ3v) is 9.14. The normalized spacial score (nSPS) is 16.6. The number of benzene rings is 3. The summed E-state index contributed by atoms with van der Waals surface area (Å²) in [5, 5.41) is 6.84. The Morgan fingerprint density at radius 2 is 1.60 bits per heavy atom. The largest absolute Gasteiger partial charge is 0.444 e. The van der Waals surface area contributed by atoms with Gasteiger partial charge in [-0.1, -0.05) is 67.1 Å². The Labute approximate surface area is 278 Å². The number of hydrogen-bond acceptors (Lipinski definition) is 6. The molecule has 0 spiro atoms. The molecule has 0 atom stereocenters. The maximum absolute atomic E-state index is 14.3. The summed E-state index contributed by atoms with van der Waals surface area (Å²) in [6, 6.07) is 26.3. The monoisotopic (exact) mass is 633 g/mol. The van der Waals surface area contributed by atoms with Crippen LogP contribution in [0.4, 0.5) is 10.5 Å². The van der Waals surface area contributed by atoms with Gasteiger partial charge in [0.05, 0.1) is 16.8 Å². The Morgan fingerprint density at radius 3 is 2.34 bits per heavy atom. The number of carbonyl (C=O) groups excluding carboxylic acids is 2. The first-order chi connectivity index (χ1) is 22.7. The van der Waals surface area contributed by atoms with Crippen LogP contribution in [0.3, 0.4) is 0 Å². The number of likely N-dealkylation sites (tertiary alicyclic amines) is 2. The fourth-order valence-corrected chi connectivity index (χ4v) is 6.90. The minimum atomic E-state index is -0.595. The molecule has 2 N–H and O–H groups in total. The zero-order chi connectivity index (χ0) is 32.8. The van der Waals surface area contributed by atoms with Crippen molar-refractivity contribution in [3.63, 3.8) is 0 Å². The molecule has 6 rings (SSSR count). The molecule has 2 aliphatic rings. The molecular weight excluding hydrogens is 586 g/mol. The van der Waals surface area contributed by atoms with E-state index in [-0.39, 0.29) is 5.91 Å². The van der Waals surface area contributed by atoms with E-state index >= 15 is 0 Å². The molecule has 47 heavy (non-hydrogen) atoms. The number of ether oxygens (including phenoxy) is 1. The molecule has 2 saturated heterocycles. The lowest BCUT2D eigenvalue weighted by atomic mass is 9.94. The highest BCUT2D eigenvalue weighted by atomic mass is 16.6. The molecule has 0 saturated carbocycles. The van der Waals surface area contributed by atoms with Crippen LogP contribution < -0.4 is 10.6 Å². The van der Waals surface area contributed by atoms with Gasteiger partial charge in [-0.15, -0.1) is 0 Å². The van der Waals surface area contributed by atoms with Crippen LogP contribution in [0.5, 0.6) is 0 Å². The van der Waals surface area contributed by atoms with Crippen LogP contribution in [0, 0.1) is 0 Å². The molecule has 8 heteroatoms. The van der Waals surface area contributed by atoms with Gasteiger partial charge < -0.3 is 15.0 Å². The SMILES string of the molecule is CC(C)(C)OC(=O)Nc1cccc(CNC(=O)c2c(CN3CCC(N4CCCCC4)CC3)c(-c3ccccc3)nc3ccccc23)c1. The Balaban J connectivity index is 1.27. The van der Waals surface area contributed by atoms with Crippen LogP contribution in [0.25, 0.3) is 22.2 Å². The average molecular weight is 634 g/mol. The van der Waals surface area contributed by atoms with E-state index in [0.29, 0.717) is 30.4 Å². The van der Waals surface area contributed by atoms with Crippen LogP contribution in [0.15, 0.2) is 78.9 Å². The van der Waals surface area contributed by atoms with Gasteiger partial charge in [-0.3, -0.25) is 15.0 Å². The van der Waals surface area contributed by atoms with Gasteiger partial charge in [-0.05, 0) is 96.4 Å². The fraction of sp³-hybridized carbons (Fsp3) is 0.410. The second kappa shape index (κ2) is 14.7. The van der Waals surface area contributed by atoms with Gasteiger partial charge in [-0.25, -0.2) is 9.78 Å². The van der Waals surface area contributed by atoms with E-state index in [1.807, 2.05) is 87.5 Å². The van der Waals surface area contributed by atoms with Gasteiger partial charge in [0.2, 0.25) is 0 Å². The molecule has 246 valence electrons. The summed E-state index contributed by atoms with van der Waals surface area (Å²) < 4.78 is 5.41. The Hall–Kier alpha value is -4.27. The van der Waals surface area contributed by atoms with E-state index in [2.05, 4.69) is 32.6 Å². The van der Waals surface area contributed by atoms with Crippen LogP contribution in [-0.2, 0) is 17.8 Å². The highest BCUT2D eigenvalue weighted by Crippen LogP contribution is 2.33. The molecule has 0 unspecified atom stereocenters. The second-order valence-electron chi connectivity index (χ2n) is 13.8. The summed E-state index contributed by atoms with van der Waals surface area (Å²) in [4.78, 5) is 37.0. The van der Waals surface area contributed by atoms with E-state index in [0.717, 1.165) is 59.2 Å². The molecule has 2 aliphatic heterocycles. The van der Waals surface area contributed by atoms with Crippen molar-refractivity contribution in [1.82, 2.24) is 20.1 Å². The van der Waals surface area contributed by atoms with E-state index in [9.17, 15) is 9.59 Å². The van der Waals surface area contributed by atoms with E-state index in [1.165, 1.54) is 32.4 Å². The van der Waals surface area contributed by atoms with Gasteiger partial charge in [0.25, 0.3) is 5.91 Å². The Bertz CT molecular complexity index is 1690. The number of nitrogens with one attached hydrogen (secondary N) is 2. The number of piperidine rings is 2. The summed E-state index contributed by atoms with van der Waals surface area (Å²) >= 11 is 0. The molecule has 3 aromatic carbocycles. The highest BCUT2D eigenvalue weighted by molar-refractivity contribution is 6.09. The molecule has 2 fully saturated rings. The number of hydrogen-bond donors (Lipinski definition) is 2. The minimum Gasteiger partial charge on any atom is -0.444 e. The first-order valence-corrected chi connectivity index (χ1v) is 17.0. The maximum atomic E-state index is 14.3. The quantitative estimate of drug-likeness (QED) is 0.208. The first kappa shape index (κ1) is 32.7. The highest BCUT2D eigenvalue weighted by Gasteiger charge is 2.28. The average Bonchev–Trinajstić information content (AvgIpc) is 3.07. The van der Waals surface area contributed by atoms with Crippen LogP contribution in [-0.4, -0.2) is 64.6 Å². The predicted molar refractivity (Wildman–Crippen MR) is 188 cm³/mol. The molecule has 3 heterocycles. The van der Waals surface area contributed by atoms with Crippen LogP contribution in [0.1, 0.15) is 74.4 Å². The van der Waals surface area contributed by atoms with Crippen molar-refractivity contribution in [1.29, 1.82) is 0 Å². The van der Waals surface area contributed by atoms with Crippen molar-refractivity contribution in [2.75, 3.05) is 31.5 Å². The van der Waals surface area contributed by atoms with Gasteiger partial charge in [0.1, 0.15) is 5.60 Å². The van der Waals surface area contributed by atoms with Crippen LogP contribution >= 0.6 is 0 Å². The molecule has 0 aliphatic carbocycles. The lowest BCUT2D eigenvalue weighted by Gasteiger charge is -2.40. The van der Waals surface area contributed by atoms with Gasteiger partial charge >= 0.3 is 6.09 Å². The Morgan fingerprint density at radius 1 is 0.872 bits per heavy atom. The number of rotatable bonds is 8. The summed E-state index contributed by atoms with van der Waals surface area (Å²) in [5.74, 6) is -0.135. The number of anilines is 1. The van der Waals surface area contributed by atoms with Crippen molar-refractivity contribution in [3.05, 3.63) is 95.6 Å². The Kier molecular flexibility index (Phi) is 10.2. The molecule has 2 amide bonds. The zero-order valence-electron chi connectivity index (χ0n) is 27.9. The first-order valence-electron chi connectivity index (χ1n) is 17.0. The molecule has 1 aromatic heterocycles. The fourth-order valence-electron chi connectivity index (χ4n) is 6.90.